The van der Waals surface area contributed by atoms with E-state index < -0.39 is 0 Å². The normalized spacial score (nSPS) is 10.4. The molecule has 0 saturated heterocycles. The van der Waals surface area contributed by atoms with Gasteiger partial charge in [0.05, 0.1) is 18.2 Å². The molecule has 2 N–H and O–H groups in total. The summed E-state index contributed by atoms with van der Waals surface area (Å²) in [5.41, 5.74) is 7.71. The monoisotopic (exact) mass is 351 g/mol. The molecule has 21 heavy (non-hydrogen) atoms. The Labute approximate surface area is 132 Å². The zero-order valence-corrected chi connectivity index (χ0v) is 13.4. The van der Waals surface area contributed by atoms with E-state index in [4.69, 9.17) is 19.9 Å². The van der Waals surface area contributed by atoms with Crippen LogP contribution in [0.25, 0.3) is 0 Å². The Morgan fingerprint density at radius 2 is 1.86 bits per heavy atom. The quantitative estimate of drug-likeness (QED) is 0.612. The van der Waals surface area contributed by atoms with Gasteiger partial charge in [-0.25, -0.2) is 0 Å². The Hall–Kier alpha value is -1.56. The predicted octanol–water partition coefficient (Wildman–Crippen LogP) is 3.47. The van der Waals surface area contributed by atoms with E-state index in [0.717, 1.165) is 15.6 Å². The summed E-state index contributed by atoms with van der Waals surface area (Å²) in [6.45, 7) is 1.09. The van der Waals surface area contributed by atoms with Crippen molar-refractivity contribution in [2.24, 2.45) is 5.73 Å². The van der Waals surface area contributed by atoms with Gasteiger partial charge in [-0.3, -0.25) is 0 Å². The van der Waals surface area contributed by atoms with Gasteiger partial charge in [0.2, 0.25) is 0 Å². The summed E-state index contributed by atoms with van der Waals surface area (Å²) in [6, 6.07) is 13.7. The standard InChI is InChI=1S/C16H18BrNO3/c1-19-15-8-13(9-18)7-14(17)16(15)21-11-20-10-12-5-3-2-4-6-12/h2-8H,9-11,18H2,1H3. The van der Waals surface area contributed by atoms with Gasteiger partial charge in [-0.05, 0) is 39.2 Å². The number of hydrogen-bond donors (Lipinski definition) is 1. The van der Waals surface area contributed by atoms with Crippen LogP contribution in [0.2, 0.25) is 0 Å². The molecular formula is C16H18BrNO3. The summed E-state index contributed by atoms with van der Waals surface area (Å²) < 4.78 is 17.3. The molecular weight excluding hydrogens is 334 g/mol. The molecule has 0 spiro atoms. The Balaban J connectivity index is 1.93. The average Bonchev–Trinajstić information content (AvgIpc) is 2.53. The van der Waals surface area contributed by atoms with E-state index >= 15 is 0 Å². The molecule has 0 aliphatic rings. The van der Waals surface area contributed by atoms with Gasteiger partial charge < -0.3 is 19.9 Å². The summed E-state index contributed by atoms with van der Waals surface area (Å²) in [5.74, 6) is 1.25. The highest BCUT2D eigenvalue weighted by molar-refractivity contribution is 9.10. The van der Waals surface area contributed by atoms with E-state index in [1.54, 1.807) is 7.11 Å². The smallest absolute Gasteiger partial charge is 0.189 e. The molecule has 0 unspecified atom stereocenters. The molecule has 0 aliphatic heterocycles. The van der Waals surface area contributed by atoms with Crippen LogP contribution >= 0.6 is 15.9 Å². The highest BCUT2D eigenvalue weighted by Crippen LogP contribution is 2.36. The molecule has 2 aromatic carbocycles. The molecule has 2 rings (SSSR count). The van der Waals surface area contributed by atoms with E-state index in [1.165, 1.54) is 0 Å². The summed E-state index contributed by atoms with van der Waals surface area (Å²) in [6.07, 6.45) is 0. The first-order chi connectivity index (χ1) is 10.2. The van der Waals surface area contributed by atoms with E-state index in [0.29, 0.717) is 24.7 Å². The maximum Gasteiger partial charge on any atom is 0.189 e. The van der Waals surface area contributed by atoms with Crippen molar-refractivity contribution >= 4 is 15.9 Å². The predicted molar refractivity (Wildman–Crippen MR) is 85.3 cm³/mol. The fourth-order valence-corrected chi connectivity index (χ4v) is 2.47. The molecule has 0 aromatic heterocycles. The van der Waals surface area contributed by atoms with E-state index in [-0.39, 0.29) is 6.79 Å². The van der Waals surface area contributed by atoms with Gasteiger partial charge in [0.25, 0.3) is 0 Å². The van der Waals surface area contributed by atoms with Gasteiger partial charge in [-0.15, -0.1) is 0 Å². The van der Waals surface area contributed by atoms with Crippen LogP contribution in [0, 0.1) is 0 Å². The SMILES string of the molecule is COc1cc(CN)cc(Br)c1OCOCc1ccccc1. The maximum absolute atomic E-state index is 5.65. The van der Waals surface area contributed by atoms with Crippen molar-refractivity contribution < 1.29 is 14.2 Å². The highest BCUT2D eigenvalue weighted by Gasteiger charge is 2.11. The number of ether oxygens (including phenoxy) is 3. The molecule has 0 radical (unpaired) electrons. The topological polar surface area (TPSA) is 53.7 Å². The molecule has 0 aliphatic carbocycles. The lowest BCUT2D eigenvalue weighted by molar-refractivity contribution is 0.00332. The molecule has 0 atom stereocenters. The second-order valence-electron chi connectivity index (χ2n) is 4.41. The Kier molecular flexibility index (Phi) is 6.04. The summed E-state index contributed by atoms with van der Waals surface area (Å²) in [4.78, 5) is 0. The number of halogens is 1. The van der Waals surface area contributed by atoms with Crippen LogP contribution in [0.1, 0.15) is 11.1 Å². The number of nitrogens with two attached hydrogens (primary N) is 1. The second-order valence-corrected chi connectivity index (χ2v) is 5.26. The van der Waals surface area contributed by atoms with Crippen LogP contribution < -0.4 is 15.2 Å². The lowest BCUT2D eigenvalue weighted by atomic mass is 10.2. The van der Waals surface area contributed by atoms with Gasteiger partial charge in [0.1, 0.15) is 0 Å². The first kappa shape index (κ1) is 15.8. The molecule has 4 nitrogen and oxygen atoms in total. The lowest BCUT2D eigenvalue weighted by Gasteiger charge is -2.14. The van der Waals surface area contributed by atoms with E-state index in [9.17, 15) is 0 Å². The van der Waals surface area contributed by atoms with Crippen molar-refractivity contribution in [3.05, 3.63) is 58.1 Å². The first-order valence-electron chi connectivity index (χ1n) is 6.55. The number of benzene rings is 2. The van der Waals surface area contributed by atoms with Crippen LogP contribution in [0.15, 0.2) is 46.9 Å². The maximum atomic E-state index is 5.65. The second kappa shape index (κ2) is 8.02. The van der Waals surface area contributed by atoms with Gasteiger partial charge in [-0.1, -0.05) is 30.3 Å². The molecule has 5 heteroatoms. The number of methoxy groups -OCH3 is 1. The van der Waals surface area contributed by atoms with Gasteiger partial charge in [0.15, 0.2) is 18.3 Å². The zero-order valence-electron chi connectivity index (χ0n) is 11.8. The van der Waals surface area contributed by atoms with Gasteiger partial charge in [-0.2, -0.15) is 0 Å². The minimum absolute atomic E-state index is 0.145. The molecule has 2 aromatic rings. The Morgan fingerprint density at radius 3 is 2.52 bits per heavy atom. The molecule has 0 amide bonds. The first-order valence-corrected chi connectivity index (χ1v) is 7.35. The van der Waals surface area contributed by atoms with E-state index in [1.807, 2.05) is 42.5 Å². The summed E-state index contributed by atoms with van der Waals surface area (Å²) >= 11 is 3.46. The van der Waals surface area contributed by atoms with Crippen molar-refractivity contribution in [2.75, 3.05) is 13.9 Å². The largest absolute Gasteiger partial charge is 0.493 e. The zero-order chi connectivity index (χ0) is 15.1. The highest BCUT2D eigenvalue weighted by atomic mass is 79.9. The third-order valence-corrected chi connectivity index (χ3v) is 3.51. The fourth-order valence-electron chi connectivity index (χ4n) is 1.87. The third-order valence-electron chi connectivity index (χ3n) is 2.92. The minimum atomic E-state index is 0.145. The molecule has 112 valence electrons. The van der Waals surface area contributed by atoms with Gasteiger partial charge in [0, 0.05) is 6.54 Å². The third kappa shape index (κ3) is 4.46. The van der Waals surface area contributed by atoms with Crippen LogP contribution in [0.3, 0.4) is 0 Å². The summed E-state index contributed by atoms with van der Waals surface area (Å²) in [7, 11) is 1.60. The summed E-state index contributed by atoms with van der Waals surface area (Å²) in [5, 5.41) is 0. The Bertz CT molecular complexity index is 575. The molecule has 0 fully saturated rings. The van der Waals surface area contributed by atoms with Crippen LogP contribution in [-0.2, 0) is 17.9 Å². The molecule has 0 heterocycles. The van der Waals surface area contributed by atoms with Gasteiger partial charge >= 0.3 is 0 Å². The van der Waals surface area contributed by atoms with E-state index in [2.05, 4.69) is 15.9 Å². The fraction of sp³-hybridized carbons (Fsp3) is 0.250. The average molecular weight is 352 g/mol. The van der Waals surface area contributed by atoms with Crippen molar-refractivity contribution in [1.82, 2.24) is 0 Å². The molecule has 0 saturated carbocycles. The molecule has 0 bridgehead atoms. The van der Waals surface area contributed by atoms with Crippen LogP contribution in [0.4, 0.5) is 0 Å². The lowest BCUT2D eigenvalue weighted by Crippen LogP contribution is -2.05. The van der Waals surface area contributed by atoms with Crippen LogP contribution in [-0.4, -0.2) is 13.9 Å². The van der Waals surface area contributed by atoms with Crippen molar-refractivity contribution in [3.63, 3.8) is 0 Å². The van der Waals surface area contributed by atoms with Crippen molar-refractivity contribution in [2.45, 2.75) is 13.2 Å². The minimum Gasteiger partial charge on any atom is -0.493 e. The van der Waals surface area contributed by atoms with Crippen LogP contribution in [0.5, 0.6) is 11.5 Å². The Morgan fingerprint density at radius 1 is 1.10 bits per heavy atom. The number of rotatable bonds is 7. The number of hydrogen-bond acceptors (Lipinski definition) is 4. The van der Waals surface area contributed by atoms with Crippen molar-refractivity contribution in [1.29, 1.82) is 0 Å². The van der Waals surface area contributed by atoms with Crippen molar-refractivity contribution in [3.8, 4) is 11.5 Å².